The van der Waals surface area contributed by atoms with Crippen molar-refractivity contribution < 1.29 is 4.74 Å². The van der Waals surface area contributed by atoms with Crippen molar-refractivity contribution in [2.24, 2.45) is 0 Å². The van der Waals surface area contributed by atoms with Gasteiger partial charge in [-0.1, -0.05) is 11.6 Å². The fourth-order valence-corrected chi connectivity index (χ4v) is 2.34. The molecule has 0 radical (unpaired) electrons. The summed E-state index contributed by atoms with van der Waals surface area (Å²) in [6.45, 7) is 4.54. The molecule has 1 aromatic carbocycles. The van der Waals surface area contributed by atoms with Crippen LogP contribution in [0.2, 0.25) is 5.15 Å². The molecule has 1 aliphatic heterocycles. The van der Waals surface area contributed by atoms with Gasteiger partial charge in [0.2, 0.25) is 0 Å². The molecule has 2 heterocycles. The van der Waals surface area contributed by atoms with E-state index in [1.807, 2.05) is 12.1 Å². The zero-order valence-electron chi connectivity index (χ0n) is 11.6. The summed E-state index contributed by atoms with van der Waals surface area (Å²) in [5, 5.41) is 3.74. The number of halogens is 1. The Labute approximate surface area is 128 Å². The van der Waals surface area contributed by atoms with Crippen molar-refractivity contribution in [1.82, 2.24) is 15.3 Å². The Bertz CT molecular complexity index is 567. The number of ether oxygens (including phenoxy) is 1. The van der Waals surface area contributed by atoms with Crippen LogP contribution in [0.25, 0.3) is 0 Å². The SMILES string of the molecule is Clc1cnc(COc2ccc(N3CCNCC3)cc2)cn1. The largest absolute Gasteiger partial charge is 0.487 e. The molecular formula is C15H17ClN4O. The molecule has 2 aromatic rings. The van der Waals surface area contributed by atoms with Gasteiger partial charge in [-0.05, 0) is 24.3 Å². The Morgan fingerprint density at radius 1 is 1.10 bits per heavy atom. The molecule has 1 aromatic heterocycles. The van der Waals surface area contributed by atoms with Crippen LogP contribution in [0, 0.1) is 0 Å². The lowest BCUT2D eigenvalue weighted by atomic mass is 10.2. The molecule has 1 aliphatic rings. The van der Waals surface area contributed by atoms with E-state index in [9.17, 15) is 0 Å². The molecule has 0 saturated carbocycles. The maximum atomic E-state index is 5.70. The number of rotatable bonds is 4. The Kier molecular flexibility index (Phi) is 4.52. The molecule has 0 unspecified atom stereocenters. The smallest absolute Gasteiger partial charge is 0.147 e. The Morgan fingerprint density at radius 3 is 2.52 bits per heavy atom. The second-order valence-electron chi connectivity index (χ2n) is 4.85. The summed E-state index contributed by atoms with van der Waals surface area (Å²) in [7, 11) is 0. The van der Waals surface area contributed by atoms with E-state index in [4.69, 9.17) is 16.3 Å². The van der Waals surface area contributed by atoms with E-state index in [1.54, 1.807) is 6.20 Å². The molecule has 1 saturated heterocycles. The third-order valence-corrected chi connectivity index (χ3v) is 3.57. The van der Waals surface area contributed by atoms with Crippen molar-refractivity contribution >= 4 is 17.3 Å². The predicted octanol–water partition coefficient (Wildman–Crippen LogP) is 2.12. The van der Waals surface area contributed by atoms with Crippen molar-refractivity contribution in [2.75, 3.05) is 31.1 Å². The Balaban J connectivity index is 1.57. The van der Waals surface area contributed by atoms with Crippen LogP contribution in [0.4, 0.5) is 5.69 Å². The van der Waals surface area contributed by atoms with Gasteiger partial charge in [-0.3, -0.25) is 4.98 Å². The predicted molar refractivity (Wildman–Crippen MR) is 82.9 cm³/mol. The molecule has 0 atom stereocenters. The van der Waals surface area contributed by atoms with Gasteiger partial charge >= 0.3 is 0 Å². The zero-order chi connectivity index (χ0) is 14.5. The van der Waals surface area contributed by atoms with Gasteiger partial charge in [-0.2, -0.15) is 0 Å². The number of hydrogen-bond donors (Lipinski definition) is 1. The van der Waals surface area contributed by atoms with E-state index in [0.29, 0.717) is 11.8 Å². The molecule has 21 heavy (non-hydrogen) atoms. The number of anilines is 1. The minimum absolute atomic E-state index is 0.386. The van der Waals surface area contributed by atoms with E-state index in [1.165, 1.54) is 11.9 Å². The maximum absolute atomic E-state index is 5.70. The number of aromatic nitrogens is 2. The van der Waals surface area contributed by atoms with Gasteiger partial charge < -0.3 is 15.0 Å². The topological polar surface area (TPSA) is 50.3 Å². The zero-order valence-corrected chi connectivity index (χ0v) is 12.4. The second kappa shape index (κ2) is 6.74. The van der Waals surface area contributed by atoms with Crippen LogP contribution in [0.15, 0.2) is 36.7 Å². The quantitative estimate of drug-likeness (QED) is 0.937. The first-order valence-corrected chi connectivity index (χ1v) is 7.34. The summed E-state index contributed by atoms with van der Waals surface area (Å²) in [6, 6.07) is 8.16. The number of nitrogens with one attached hydrogen (secondary N) is 1. The van der Waals surface area contributed by atoms with E-state index >= 15 is 0 Å². The molecule has 110 valence electrons. The van der Waals surface area contributed by atoms with E-state index < -0.39 is 0 Å². The third kappa shape index (κ3) is 3.83. The highest BCUT2D eigenvalue weighted by atomic mass is 35.5. The minimum Gasteiger partial charge on any atom is -0.487 e. The van der Waals surface area contributed by atoms with Crippen LogP contribution >= 0.6 is 11.6 Å². The first-order valence-electron chi connectivity index (χ1n) is 6.96. The highest BCUT2D eigenvalue weighted by Gasteiger charge is 2.10. The lowest BCUT2D eigenvalue weighted by Crippen LogP contribution is -2.43. The van der Waals surface area contributed by atoms with Gasteiger partial charge in [0, 0.05) is 31.9 Å². The van der Waals surface area contributed by atoms with Crippen LogP contribution in [-0.2, 0) is 6.61 Å². The van der Waals surface area contributed by atoms with Crippen LogP contribution in [0.5, 0.6) is 5.75 Å². The molecule has 6 heteroatoms. The molecule has 0 bridgehead atoms. The van der Waals surface area contributed by atoms with Gasteiger partial charge in [-0.25, -0.2) is 4.98 Å². The number of nitrogens with zero attached hydrogens (tertiary/aromatic N) is 3. The van der Waals surface area contributed by atoms with E-state index in [2.05, 4.69) is 32.3 Å². The number of benzene rings is 1. The normalized spacial score (nSPS) is 15.0. The number of piperazine rings is 1. The lowest BCUT2D eigenvalue weighted by molar-refractivity contribution is 0.301. The van der Waals surface area contributed by atoms with Crippen LogP contribution in [0.3, 0.4) is 0 Å². The van der Waals surface area contributed by atoms with Crippen LogP contribution in [-0.4, -0.2) is 36.1 Å². The molecule has 0 spiro atoms. The summed E-state index contributed by atoms with van der Waals surface area (Å²) >= 11 is 5.70. The maximum Gasteiger partial charge on any atom is 0.147 e. The second-order valence-corrected chi connectivity index (χ2v) is 5.24. The molecular weight excluding hydrogens is 288 g/mol. The molecule has 0 aliphatic carbocycles. The number of hydrogen-bond acceptors (Lipinski definition) is 5. The van der Waals surface area contributed by atoms with Crippen molar-refractivity contribution in [2.45, 2.75) is 6.61 Å². The molecule has 1 N–H and O–H groups in total. The minimum atomic E-state index is 0.386. The monoisotopic (exact) mass is 304 g/mol. The van der Waals surface area contributed by atoms with Gasteiger partial charge in [0.1, 0.15) is 17.5 Å². The first-order chi connectivity index (χ1) is 10.3. The molecule has 0 amide bonds. The average molecular weight is 305 g/mol. The first kappa shape index (κ1) is 14.1. The van der Waals surface area contributed by atoms with E-state index in [0.717, 1.165) is 37.6 Å². The highest BCUT2D eigenvalue weighted by Crippen LogP contribution is 2.20. The Hall–Kier alpha value is -1.85. The van der Waals surface area contributed by atoms with Gasteiger partial charge in [0.25, 0.3) is 0 Å². The fraction of sp³-hybridized carbons (Fsp3) is 0.333. The van der Waals surface area contributed by atoms with Crippen molar-refractivity contribution in [3.05, 3.63) is 47.5 Å². The summed E-state index contributed by atoms with van der Waals surface area (Å²) in [5.74, 6) is 0.825. The van der Waals surface area contributed by atoms with Crippen molar-refractivity contribution in [3.63, 3.8) is 0 Å². The van der Waals surface area contributed by atoms with E-state index in [-0.39, 0.29) is 0 Å². The molecule has 1 fully saturated rings. The van der Waals surface area contributed by atoms with Crippen molar-refractivity contribution in [1.29, 1.82) is 0 Å². The Morgan fingerprint density at radius 2 is 1.86 bits per heavy atom. The molecule has 5 nitrogen and oxygen atoms in total. The van der Waals surface area contributed by atoms with Crippen LogP contribution < -0.4 is 15.0 Å². The van der Waals surface area contributed by atoms with Crippen LogP contribution in [0.1, 0.15) is 5.69 Å². The standard InChI is InChI=1S/C15H17ClN4O/c16-15-10-18-12(9-19-15)11-21-14-3-1-13(2-4-14)20-7-5-17-6-8-20/h1-4,9-10,17H,5-8,11H2. The summed E-state index contributed by atoms with van der Waals surface area (Å²) < 4.78 is 5.70. The van der Waals surface area contributed by atoms with Gasteiger partial charge in [0.15, 0.2) is 0 Å². The summed E-state index contributed by atoms with van der Waals surface area (Å²) in [5.41, 5.74) is 1.99. The lowest BCUT2D eigenvalue weighted by Gasteiger charge is -2.29. The van der Waals surface area contributed by atoms with Gasteiger partial charge in [-0.15, -0.1) is 0 Å². The fourth-order valence-electron chi connectivity index (χ4n) is 2.25. The summed E-state index contributed by atoms with van der Waals surface area (Å²) in [6.07, 6.45) is 3.14. The average Bonchev–Trinajstić information content (AvgIpc) is 2.56. The van der Waals surface area contributed by atoms with Gasteiger partial charge in [0.05, 0.1) is 18.1 Å². The molecule has 3 rings (SSSR count). The summed E-state index contributed by atoms with van der Waals surface area (Å²) in [4.78, 5) is 10.5. The highest BCUT2D eigenvalue weighted by molar-refractivity contribution is 6.29. The third-order valence-electron chi connectivity index (χ3n) is 3.38. The van der Waals surface area contributed by atoms with Crippen molar-refractivity contribution in [3.8, 4) is 5.75 Å².